The topological polar surface area (TPSA) is 101 Å². The lowest BCUT2D eigenvalue weighted by Crippen LogP contribution is -2.36. The summed E-state index contributed by atoms with van der Waals surface area (Å²) in [5.41, 5.74) is 2.50. The molecule has 0 fully saturated rings. The van der Waals surface area contributed by atoms with Crippen molar-refractivity contribution in [1.82, 2.24) is 14.7 Å². The van der Waals surface area contributed by atoms with Gasteiger partial charge >= 0.3 is 16.1 Å². The lowest BCUT2D eigenvalue weighted by atomic mass is 9.92. The fraction of sp³-hybridized carbons (Fsp3) is 0.421. The molecule has 0 radical (unpaired) electrons. The van der Waals surface area contributed by atoms with Gasteiger partial charge in [0.1, 0.15) is 5.82 Å². The predicted molar refractivity (Wildman–Crippen MR) is 105 cm³/mol. The number of urea groups is 1. The van der Waals surface area contributed by atoms with Crippen molar-refractivity contribution in [2.24, 2.45) is 0 Å². The first-order valence-corrected chi connectivity index (χ1v) is 10.4. The number of aromatic nitrogens is 2. The first-order valence-electron chi connectivity index (χ1n) is 8.90. The zero-order chi connectivity index (χ0) is 21.2. The van der Waals surface area contributed by atoms with Crippen LogP contribution < -0.4 is 10.0 Å². The van der Waals surface area contributed by atoms with Crippen LogP contribution in [0.4, 0.5) is 14.9 Å². The highest BCUT2D eigenvalue weighted by Crippen LogP contribution is 2.33. The Balaban J connectivity index is 2.37. The molecule has 2 aromatic rings. The smallest absolute Gasteiger partial charge is 0.307 e. The normalized spacial score (nSPS) is 11.8. The average molecular weight is 408 g/mol. The van der Waals surface area contributed by atoms with Gasteiger partial charge in [-0.15, -0.1) is 0 Å². The molecule has 0 aliphatic heterocycles. The number of amides is 2. The molecule has 0 aliphatic carbocycles. The van der Waals surface area contributed by atoms with Gasteiger partial charge in [0.15, 0.2) is 0 Å². The van der Waals surface area contributed by atoms with E-state index in [-0.39, 0.29) is 11.8 Å². The number of carbonyl (C=O) groups is 1. The predicted octanol–water partition coefficient (Wildman–Crippen LogP) is 3.99. The number of hydrogen-bond acceptors (Lipinski definition) is 5. The number of nitrogens with zero attached hydrogens (tertiary/aromatic N) is 2. The Morgan fingerprint density at radius 2 is 1.43 bits per heavy atom. The molecule has 152 valence electrons. The van der Waals surface area contributed by atoms with E-state index < -0.39 is 27.0 Å². The van der Waals surface area contributed by atoms with Gasteiger partial charge in [0, 0.05) is 17.1 Å². The summed E-state index contributed by atoms with van der Waals surface area (Å²) >= 11 is 0. The van der Waals surface area contributed by atoms with Crippen molar-refractivity contribution in [3.05, 3.63) is 46.5 Å². The van der Waals surface area contributed by atoms with Crippen LogP contribution in [0.25, 0.3) is 0 Å². The molecule has 0 spiro atoms. The zero-order valence-corrected chi connectivity index (χ0v) is 17.6. The molecule has 0 saturated heterocycles. The SMILES string of the molecule is Cc1cc(C)nc(S(=O)(=O)NC(=O)Nc2c(C(C)C)cc(F)cc2C(C)C)n1. The molecule has 28 heavy (non-hydrogen) atoms. The van der Waals surface area contributed by atoms with Crippen LogP contribution in [0.1, 0.15) is 62.0 Å². The number of aryl methyl sites for hydroxylation is 2. The Labute approximate surface area is 164 Å². The molecule has 2 amide bonds. The molecule has 1 aromatic carbocycles. The molecular weight excluding hydrogens is 383 g/mol. The first-order chi connectivity index (χ1) is 12.9. The molecule has 1 heterocycles. The zero-order valence-electron chi connectivity index (χ0n) is 16.8. The minimum Gasteiger partial charge on any atom is -0.307 e. The van der Waals surface area contributed by atoms with Crippen molar-refractivity contribution in [1.29, 1.82) is 0 Å². The summed E-state index contributed by atoms with van der Waals surface area (Å²) in [5.74, 6) is -0.569. The van der Waals surface area contributed by atoms with E-state index >= 15 is 0 Å². The highest BCUT2D eigenvalue weighted by atomic mass is 32.2. The van der Waals surface area contributed by atoms with Crippen molar-refractivity contribution in [3.63, 3.8) is 0 Å². The first kappa shape index (κ1) is 21.7. The largest absolute Gasteiger partial charge is 0.333 e. The van der Waals surface area contributed by atoms with Crippen molar-refractivity contribution >= 4 is 21.7 Å². The van der Waals surface area contributed by atoms with Gasteiger partial charge in [0.2, 0.25) is 0 Å². The van der Waals surface area contributed by atoms with Gasteiger partial charge in [-0.1, -0.05) is 27.7 Å². The lowest BCUT2D eigenvalue weighted by molar-refractivity contribution is 0.256. The second-order valence-electron chi connectivity index (χ2n) is 7.26. The van der Waals surface area contributed by atoms with Crippen LogP contribution in [0.2, 0.25) is 0 Å². The van der Waals surface area contributed by atoms with Gasteiger partial charge in [-0.2, -0.15) is 8.42 Å². The minimum absolute atomic E-state index is 0.0807. The number of rotatable bonds is 5. The standard InChI is InChI=1S/C19H25FN4O3S/c1-10(2)15-8-14(20)9-16(11(3)4)17(15)23-18(25)24-28(26,27)19-21-12(5)7-13(6)22-19/h7-11H,1-6H3,(H2,23,24,25). The Morgan fingerprint density at radius 1 is 0.964 bits per heavy atom. The number of anilines is 1. The highest BCUT2D eigenvalue weighted by Gasteiger charge is 2.24. The van der Waals surface area contributed by atoms with E-state index in [9.17, 15) is 17.6 Å². The molecular formula is C19H25FN4O3S. The Bertz CT molecular complexity index is 955. The Morgan fingerprint density at radius 3 is 1.86 bits per heavy atom. The van der Waals surface area contributed by atoms with E-state index in [1.807, 2.05) is 32.4 Å². The molecule has 0 atom stereocenters. The van der Waals surface area contributed by atoms with Crippen molar-refractivity contribution < 1.29 is 17.6 Å². The lowest BCUT2D eigenvalue weighted by Gasteiger charge is -2.20. The maximum Gasteiger partial charge on any atom is 0.333 e. The monoisotopic (exact) mass is 408 g/mol. The number of carbonyl (C=O) groups excluding carboxylic acids is 1. The molecule has 0 unspecified atom stereocenters. The molecule has 2 N–H and O–H groups in total. The number of nitrogens with one attached hydrogen (secondary N) is 2. The minimum atomic E-state index is -4.26. The van der Waals surface area contributed by atoms with Gasteiger partial charge in [-0.05, 0) is 55.0 Å². The fourth-order valence-electron chi connectivity index (χ4n) is 2.83. The second-order valence-corrected chi connectivity index (χ2v) is 8.84. The second kappa shape index (κ2) is 8.22. The molecule has 7 nitrogen and oxygen atoms in total. The van der Waals surface area contributed by atoms with Crippen LogP contribution in [0.5, 0.6) is 0 Å². The number of benzene rings is 1. The van der Waals surface area contributed by atoms with Gasteiger partial charge in [0.25, 0.3) is 5.16 Å². The summed E-state index contributed by atoms with van der Waals surface area (Å²) in [7, 11) is -4.26. The highest BCUT2D eigenvalue weighted by molar-refractivity contribution is 7.89. The van der Waals surface area contributed by atoms with E-state index in [4.69, 9.17) is 0 Å². The number of sulfonamides is 1. The fourth-order valence-corrected chi connectivity index (χ4v) is 3.74. The molecule has 0 aliphatic rings. The van der Waals surface area contributed by atoms with Crippen LogP contribution in [-0.2, 0) is 10.0 Å². The molecule has 2 rings (SSSR count). The summed E-state index contributed by atoms with van der Waals surface area (Å²) < 4.78 is 40.9. The Hall–Kier alpha value is -2.55. The third-order valence-electron chi connectivity index (χ3n) is 4.08. The summed E-state index contributed by atoms with van der Waals surface area (Å²) in [6.07, 6.45) is 0. The van der Waals surface area contributed by atoms with Crippen LogP contribution in [0, 0.1) is 19.7 Å². The van der Waals surface area contributed by atoms with E-state index in [1.54, 1.807) is 19.9 Å². The maximum absolute atomic E-state index is 14.0. The summed E-state index contributed by atoms with van der Waals surface area (Å²) in [6, 6.07) is 3.35. The van der Waals surface area contributed by atoms with E-state index in [1.165, 1.54) is 12.1 Å². The van der Waals surface area contributed by atoms with E-state index in [0.717, 1.165) is 0 Å². The summed E-state index contributed by atoms with van der Waals surface area (Å²) in [6.45, 7) is 10.7. The molecule has 0 bridgehead atoms. The van der Waals surface area contributed by atoms with Crippen molar-refractivity contribution in [3.8, 4) is 0 Å². The van der Waals surface area contributed by atoms with Crippen molar-refractivity contribution in [2.45, 2.75) is 58.5 Å². The van der Waals surface area contributed by atoms with Crippen LogP contribution in [0.15, 0.2) is 23.4 Å². The molecule has 9 heteroatoms. The third-order valence-corrected chi connectivity index (χ3v) is 5.19. The van der Waals surface area contributed by atoms with Gasteiger partial charge in [-0.3, -0.25) is 0 Å². The van der Waals surface area contributed by atoms with Gasteiger partial charge < -0.3 is 5.32 Å². The third kappa shape index (κ3) is 5.03. The van der Waals surface area contributed by atoms with Gasteiger partial charge in [-0.25, -0.2) is 23.9 Å². The van der Waals surface area contributed by atoms with E-state index in [2.05, 4.69) is 15.3 Å². The Kier molecular flexibility index (Phi) is 6.38. The maximum atomic E-state index is 14.0. The number of hydrogen-bond donors (Lipinski definition) is 2. The summed E-state index contributed by atoms with van der Waals surface area (Å²) in [5, 5.41) is 2.09. The number of halogens is 1. The van der Waals surface area contributed by atoms with Crippen LogP contribution >= 0.6 is 0 Å². The van der Waals surface area contributed by atoms with Crippen LogP contribution in [-0.4, -0.2) is 24.4 Å². The quantitative estimate of drug-likeness (QED) is 0.729. The van der Waals surface area contributed by atoms with Crippen molar-refractivity contribution in [2.75, 3.05) is 5.32 Å². The van der Waals surface area contributed by atoms with E-state index in [0.29, 0.717) is 28.2 Å². The molecule has 0 saturated carbocycles. The average Bonchev–Trinajstić information content (AvgIpc) is 2.54. The van der Waals surface area contributed by atoms with Crippen LogP contribution in [0.3, 0.4) is 0 Å². The molecule has 1 aromatic heterocycles. The summed E-state index contributed by atoms with van der Waals surface area (Å²) in [4.78, 5) is 20.2. The van der Waals surface area contributed by atoms with Gasteiger partial charge in [0.05, 0.1) is 0 Å².